The van der Waals surface area contributed by atoms with Crippen molar-refractivity contribution in [3.05, 3.63) is 11.1 Å². The predicted octanol–water partition coefficient (Wildman–Crippen LogP) is 6.69. The molecule has 0 aliphatic carbocycles. The molecule has 0 fully saturated rings. The van der Waals surface area contributed by atoms with E-state index in [0.717, 1.165) is 12.2 Å². The van der Waals surface area contributed by atoms with E-state index in [-0.39, 0.29) is 16.9 Å². The molecular weight excluding hydrogens is 360 g/mol. The molecule has 27 heavy (non-hydrogen) atoms. The SMILES string of the molecule is CCCCCCCCCCCCCCCCSC/C(C(=O)O)=C(\C)C(=O)O. The Morgan fingerprint density at radius 1 is 0.667 bits per heavy atom. The van der Waals surface area contributed by atoms with Crippen LogP contribution in [0.4, 0.5) is 0 Å². The van der Waals surface area contributed by atoms with Gasteiger partial charge in [0.15, 0.2) is 0 Å². The minimum absolute atomic E-state index is 0.0119. The van der Waals surface area contributed by atoms with E-state index >= 15 is 0 Å². The average Bonchev–Trinajstić information content (AvgIpc) is 2.63. The standard InChI is InChI=1S/C22H40O4S/c1-3-4-5-6-7-8-9-10-11-12-13-14-15-16-17-27-18-20(22(25)26)19(2)21(23)24/h3-18H2,1-2H3,(H,23,24)(H,25,26)/b20-19-. The Bertz CT molecular complexity index is 432. The van der Waals surface area contributed by atoms with Gasteiger partial charge < -0.3 is 10.2 Å². The van der Waals surface area contributed by atoms with E-state index in [1.807, 2.05) is 0 Å². The summed E-state index contributed by atoms with van der Waals surface area (Å²) in [7, 11) is 0. The first-order valence-electron chi connectivity index (χ1n) is 10.7. The zero-order chi connectivity index (χ0) is 20.3. The topological polar surface area (TPSA) is 74.6 Å². The van der Waals surface area contributed by atoms with Crippen LogP contribution < -0.4 is 0 Å². The van der Waals surface area contributed by atoms with E-state index in [2.05, 4.69) is 6.92 Å². The second-order valence-corrected chi connectivity index (χ2v) is 8.47. The van der Waals surface area contributed by atoms with Crippen LogP contribution >= 0.6 is 11.8 Å². The highest BCUT2D eigenvalue weighted by molar-refractivity contribution is 7.99. The van der Waals surface area contributed by atoms with E-state index in [1.165, 1.54) is 102 Å². The third-order valence-corrected chi connectivity index (χ3v) is 5.99. The van der Waals surface area contributed by atoms with Crippen LogP contribution in [-0.2, 0) is 9.59 Å². The quantitative estimate of drug-likeness (QED) is 0.187. The Morgan fingerprint density at radius 3 is 1.44 bits per heavy atom. The summed E-state index contributed by atoms with van der Waals surface area (Å²) in [6, 6.07) is 0. The molecule has 0 atom stereocenters. The van der Waals surface area contributed by atoms with Gasteiger partial charge in [-0.1, -0.05) is 90.4 Å². The maximum absolute atomic E-state index is 11.1. The first-order valence-corrected chi connectivity index (χ1v) is 11.9. The summed E-state index contributed by atoms with van der Waals surface area (Å²) in [5.74, 6) is -1.11. The second kappa shape index (κ2) is 18.4. The highest BCUT2D eigenvalue weighted by atomic mass is 32.2. The molecule has 0 unspecified atom stereocenters. The van der Waals surface area contributed by atoms with Gasteiger partial charge in [0.25, 0.3) is 0 Å². The van der Waals surface area contributed by atoms with E-state index in [9.17, 15) is 9.59 Å². The number of unbranched alkanes of at least 4 members (excludes halogenated alkanes) is 13. The van der Waals surface area contributed by atoms with Gasteiger partial charge in [-0.25, -0.2) is 9.59 Å². The summed E-state index contributed by atoms with van der Waals surface area (Å²) in [5, 5.41) is 18.0. The van der Waals surface area contributed by atoms with Gasteiger partial charge in [-0.2, -0.15) is 11.8 Å². The van der Waals surface area contributed by atoms with Crippen molar-refractivity contribution in [3.63, 3.8) is 0 Å². The minimum atomic E-state index is -1.15. The summed E-state index contributed by atoms with van der Waals surface area (Å²) in [4.78, 5) is 22.0. The molecular formula is C22H40O4S. The molecule has 0 saturated heterocycles. The maximum Gasteiger partial charge on any atom is 0.332 e. The van der Waals surface area contributed by atoms with Crippen molar-refractivity contribution in [1.82, 2.24) is 0 Å². The number of hydrogen-bond donors (Lipinski definition) is 2. The van der Waals surface area contributed by atoms with E-state index in [1.54, 1.807) is 0 Å². The average molecular weight is 401 g/mol. The van der Waals surface area contributed by atoms with Gasteiger partial charge in [0.05, 0.1) is 5.57 Å². The maximum atomic E-state index is 11.1. The van der Waals surface area contributed by atoms with Crippen LogP contribution in [0.1, 0.15) is 104 Å². The molecule has 5 heteroatoms. The first-order chi connectivity index (χ1) is 13.0. The van der Waals surface area contributed by atoms with Crippen LogP contribution in [0.5, 0.6) is 0 Å². The van der Waals surface area contributed by atoms with Gasteiger partial charge in [-0.05, 0) is 19.1 Å². The van der Waals surface area contributed by atoms with Gasteiger partial charge >= 0.3 is 11.9 Å². The molecule has 0 aliphatic heterocycles. The van der Waals surface area contributed by atoms with Crippen molar-refractivity contribution in [2.75, 3.05) is 11.5 Å². The molecule has 0 aromatic rings. The number of carbonyl (C=O) groups is 2. The number of thioether (sulfide) groups is 1. The number of carboxylic acid groups (broad SMARTS) is 2. The van der Waals surface area contributed by atoms with Crippen LogP contribution in [0.2, 0.25) is 0 Å². The van der Waals surface area contributed by atoms with Crippen molar-refractivity contribution >= 4 is 23.7 Å². The lowest BCUT2D eigenvalue weighted by Gasteiger charge is -2.06. The number of carboxylic acids is 2. The molecule has 0 amide bonds. The third kappa shape index (κ3) is 15.8. The number of rotatable bonds is 19. The minimum Gasteiger partial charge on any atom is -0.478 e. The van der Waals surface area contributed by atoms with Crippen molar-refractivity contribution in [2.45, 2.75) is 104 Å². The molecule has 0 aromatic carbocycles. The highest BCUT2D eigenvalue weighted by Crippen LogP contribution is 2.17. The highest BCUT2D eigenvalue weighted by Gasteiger charge is 2.15. The smallest absolute Gasteiger partial charge is 0.332 e. The zero-order valence-corrected chi connectivity index (χ0v) is 18.2. The van der Waals surface area contributed by atoms with E-state index < -0.39 is 11.9 Å². The normalized spacial score (nSPS) is 12.1. The summed E-state index contributed by atoms with van der Waals surface area (Å²) in [6.07, 6.45) is 18.5. The summed E-state index contributed by atoms with van der Waals surface area (Å²) >= 11 is 1.52. The Morgan fingerprint density at radius 2 is 1.07 bits per heavy atom. The lowest BCUT2D eigenvalue weighted by atomic mass is 10.0. The van der Waals surface area contributed by atoms with Crippen LogP contribution in [0.3, 0.4) is 0 Å². The fourth-order valence-corrected chi connectivity index (χ4v) is 4.13. The van der Waals surface area contributed by atoms with Crippen molar-refractivity contribution < 1.29 is 19.8 Å². The lowest BCUT2D eigenvalue weighted by molar-refractivity contribution is -0.135. The van der Waals surface area contributed by atoms with Crippen molar-refractivity contribution in [1.29, 1.82) is 0 Å². The fourth-order valence-electron chi connectivity index (χ4n) is 3.03. The zero-order valence-electron chi connectivity index (χ0n) is 17.4. The molecule has 2 N–H and O–H groups in total. The van der Waals surface area contributed by atoms with Crippen LogP contribution in [0.25, 0.3) is 0 Å². The van der Waals surface area contributed by atoms with Gasteiger partial charge in [0.2, 0.25) is 0 Å². The molecule has 4 nitrogen and oxygen atoms in total. The van der Waals surface area contributed by atoms with Gasteiger partial charge in [-0.3, -0.25) is 0 Å². The molecule has 0 bridgehead atoms. The molecule has 0 rings (SSSR count). The second-order valence-electron chi connectivity index (χ2n) is 7.36. The van der Waals surface area contributed by atoms with Crippen LogP contribution in [0, 0.1) is 0 Å². The third-order valence-electron chi connectivity index (χ3n) is 4.92. The van der Waals surface area contributed by atoms with Gasteiger partial charge in [0, 0.05) is 11.3 Å². The fraction of sp³-hybridized carbons (Fsp3) is 0.818. The Balaban J connectivity index is 3.44. The van der Waals surface area contributed by atoms with Crippen molar-refractivity contribution in [3.8, 4) is 0 Å². The Hall–Kier alpha value is -0.970. The molecule has 0 spiro atoms. The molecule has 0 saturated carbocycles. The summed E-state index contributed by atoms with van der Waals surface area (Å²) in [5.41, 5.74) is -0.0474. The molecule has 0 aromatic heterocycles. The Labute approximate surface area is 170 Å². The number of hydrogen-bond acceptors (Lipinski definition) is 3. The van der Waals surface area contributed by atoms with E-state index in [0.29, 0.717) is 0 Å². The van der Waals surface area contributed by atoms with Crippen molar-refractivity contribution in [2.24, 2.45) is 0 Å². The lowest BCUT2D eigenvalue weighted by Crippen LogP contribution is -2.11. The monoisotopic (exact) mass is 400 g/mol. The molecule has 0 radical (unpaired) electrons. The first kappa shape index (κ1) is 26.0. The largest absolute Gasteiger partial charge is 0.478 e. The van der Waals surface area contributed by atoms with Gasteiger partial charge in [-0.15, -0.1) is 0 Å². The molecule has 0 aliphatic rings. The Kier molecular flexibility index (Phi) is 17.7. The summed E-state index contributed by atoms with van der Waals surface area (Å²) in [6.45, 7) is 3.62. The van der Waals surface area contributed by atoms with E-state index in [4.69, 9.17) is 10.2 Å². The number of aliphatic carboxylic acids is 2. The van der Waals surface area contributed by atoms with Gasteiger partial charge in [0.1, 0.15) is 0 Å². The van der Waals surface area contributed by atoms with Crippen LogP contribution in [-0.4, -0.2) is 33.7 Å². The molecule has 0 heterocycles. The van der Waals surface area contributed by atoms with Crippen LogP contribution in [0.15, 0.2) is 11.1 Å². The summed E-state index contributed by atoms with van der Waals surface area (Å²) < 4.78 is 0. The predicted molar refractivity (Wildman–Crippen MR) is 116 cm³/mol. The molecule has 158 valence electrons.